The molecule has 8 heteroatoms. The third kappa shape index (κ3) is 3.24. The van der Waals surface area contributed by atoms with Crippen molar-refractivity contribution in [2.45, 2.75) is 38.7 Å². The molecular formula is C13H18ClN5O2. The first kappa shape index (κ1) is 15.5. The van der Waals surface area contributed by atoms with E-state index in [9.17, 15) is 4.79 Å². The molecule has 0 radical (unpaired) electrons. The second-order valence-corrected chi connectivity index (χ2v) is 5.60. The van der Waals surface area contributed by atoms with Gasteiger partial charge in [-0.25, -0.2) is 9.97 Å². The number of hydrogen-bond donors (Lipinski definition) is 1. The highest BCUT2D eigenvalue weighted by Crippen LogP contribution is 2.27. The van der Waals surface area contributed by atoms with Gasteiger partial charge in [0.05, 0.1) is 12.5 Å². The zero-order valence-electron chi connectivity index (χ0n) is 12.4. The predicted octanol–water partition coefficient (Wildman–Crippen LogP) is 1.66. The van der Waals surface area contributed by atoms with Gasteiger partial charge in [-0.2, -0.15) is 4.98 Å². The molecule has 2 heterocycles. The largest absolute Gasteiger partial charge is 0.479 e. The highest BCUT2D eigenvalue weighted by molar-refractivity contribution is 6.20. The van der Waals surface area contributed by atoms with Gasteiger partial charge in [0.25, 0.3) is 0 Å². The fraction of sp³-hybridized carbons (Fsp3) is 0.538. The molecule has 0 bridgehead atoms. The fourth-order valence-electron chi connectivity index (χ4n) is 2.05. The normalized spacial score (nSPS) is 12.7. The van der Waals surface area contributed by atoms with Crippen molar-refractivity contribution >= 4 is 28.7 Å². The Morgan fingerprint density at radius 3 is 2.71 bits per heavy atom. The molecule has 1 unspecified atom stereocenters. The van der Waals surface area contributed by atoms with Crippen molar-refractivity contribution in [1.82, 2.24) is 24.8 Å². The fourth-order valence-corrected chi connectivity index (χ4v) is 2.22. The summed E-state index contributed by atoms with van der Waals surface area (Å²) >= 11 is 6.16. The number of imidazole rings is 1. The maximum absolute atomic E-state index is 12.0. The predicted molar refractivity (Wildman–Crippen MR) is 79.4 cm³/mol. The van der Waals surface area contributed by atoms with E-state index in [2.05, 4.69) is 20.3 Å². The van der Waals surface area contributed by atoms with Gasteiger partial charge in [-0.1, -0.05) is 0 Å². The minimum Gasteiger partial charge on any atom is -0.479 e. The van der Waals surface area contributed by atoms with E-state index < -0.39 is 0 Å². The van der Waals surface area contributed by atoms with E-state index in [1.165, 1.54) is 13.4 Å². The molecule has 0 fully saturated rings. The number of fused-ring (bicyclic) bond motifs is 1. The van der Waals surface area contributed by atoms with Crippen LogP contribution >= 0.6 is 11.6 Å². The van der Waals surface area contributed by atoms with Crippen LogP contribution in [0.25, 0.3) is 11.2 Å². The monoisotopic (exact) mass is 311 g/mol. The van der Waals surface area contributed by atoms with Crippen molar-refractivity contribution in [3.05, 3.63) is 12.2 Å². The van der Waals surface area contributed by atoms with E-state index in [1.54, 1.807) is 11.5 Å². The maximum Gasteiger partial charge on any atom is 0.245 e. The van der Waals surface area contributed by atoms with E-state index in [1.807, 2.05) is 13.8 Å². The molecule has 7 nitrogen and oxygen atoms in total. The molecule has 2 aromatic rings. The Bertz CT molecular complexity index is 653. The molecule has 2 aromatic heterocycles. The van der Waals surface area contributed by atoms with Crippen LogP contribution in [-0.4, -0.2) is 38.6 Å². The second-order valence-electron chi connectivity index (χ2n) is 4.95. The highest BCUT2D eigenvalue weighted by atomic mass is 35.5. The number of nitrogens with one attached hydrogen (secondary N) is 1. The molecule has 1 atom stereocenters. The Balaban J connectivity index is 2.49. The molecule has 0 aromatic carbocycles. The quantitative estimate of drug-likeness (QED) is 0.849. The van der Waals surface area contributed by atoms with Crippen LogP contribution in [0.15, 0.2) is 6.33 Å². The van der Waals surface area contributed by atoms with Crippen molar-refractivity contribution in [1.29, 1.82) is 0 Å². The van der Waals surface area contributed by atoms with Gasteiger partial charge in [-0.05, 0) is 20.8 Å². The number of hydrogen-bond acceptors (Lipinski definition) is 5. The summed E-state index contributed by atoms with van der Waals surface area (Å²) in [4.78, 5) is 24.6. The molecule has 0 aliphatic heterocycles. The van der Waals surface area contributed by atoms with E-state index in [0.29, 0.717) is 22.9 Å². The summed E-state index contributed by atoms with van der Waals surface area (Å²) in [6.07, 6.45) is 1.38. The number of methoxy groups -OCH3 is 1. The lowest BCUT2D eigenvalue weighted by atomic mass is 10.3. The number of amides is 1. The van der Waals surface area contributed by atoms with Gasteiger partial charge >= 0.3 is 0 Å². The number of nitrogens with zero attached hydrogens (tertiary/aromatic N) is 4. The highest BCUT2D eigenvalue weighted by Gasteiger charge is 2.21. The molecular weight excluding hydrogens is 294 g/mol. The minimum absolute atomic E-state index is 0.0633. The average molecular weight is 312 g/mol. The summed E-state index contributed by atoms with van der Waals surface area (Å²) in [7, 11) is 1.51. The number of carbonyl (C=O) groups excluding carboxylic acids is 1. The Morgan fingerprint density at radius 1 is 1.43 bits per heavy atom. The molecule has 1 amide bonds. The summed E-state index contributed by atoms with van der Waals surface area (Å²) in [6, 6.07) is 0.0633. The lowest BCUT2D eigenvalue weighted by Gasteiger charge is -2.12. The molecule has 0 spiro atoms. The van der Waals surface area contributed by atoms with Crippen molar-refractivity contribution in [2.75, 3.05) is 7.11 Å². The number of ether oxygens (including phenoxy) is 1. The van der Waals surface area contributed by atoms with Gasteiger partial charge < -0.3 is 14.6 Å². The number of alkyl halides is 1. The van der Waals surface area contributed by atoms with Gasteiger partial charge in [0.1, 0.15) is 18.7 Å². The molecule has 2 rings (SSSR count). The Kier molecular flexibility index (Phi) is 4.62. The number of halogens is 1. The summed E-state index contributed by atoms with van der Waals surface area (Å²) in [5, 5.41) is 2.47. The molecule has 0 aliphatic carbocycles. The SMILES string of the molecule is COc1ncnc2c1nc(C(C)Cl)n2CC(=O)NC(C)C. The van der Waals surface area contributed by atoms with Gasteiger partial charge in [0.15, 0.2) is 11.2 Å². The third-order valence-electron chi connectivity index (χ3n) is 2.83. The lowest BCUT2D eigenvalue weighted by molar-refractivity contribution is -0.122. The van der Waals surface area contributed by atoms with E-state index in [4.69, 9.17) is 16.3 Å². The first-order chi connectivity index (χ1) is 9.93. The zero-order chi connectivity index (χ0) is 15.6. The molecule has 0 aliphatic rings. The van der Waals surface area contributed by atoms with Crippen LogP contribution in [0.1, 0.15) is 32.0 Å². The maximum atomic E-state index is 12.0. The second kappa shape index (κ2) is 6.26. The van der Waals surface area contributed by atoms with Gasteiger partial charge in [-0.15, -0.1) is 11.6 Å². The zero-order valence-corrected chi connectivity index (χ0v) is 13.2. The van der Waals surface area contributed by atoms with Crippen LogP contribution < -0.4 is 10.1 Å². The molecule has 1 N–H and O–H groups in total. The number of aromatic nitrogens is 4. The van der Waals surface area contributed by atoms with Crippen LogP contribution in [0.2, 0.25) is 0 Å². The van der Waals surface area contributed by atoms with Crippen LogP contribution in [0.5, 0.6) is 5.88 Å². The number of carbonyl (C=O) groups is 1. The third-order valence-corrected chi connectivity index (χ3v) is 3.02. The first-order valence-electron chi connectivity index (χ1n) is 6.62. The minimum atomic E-state index is -0.365. The van der Waals surface area contributed by atoms with Crippen LogP contribution in [0.4, 0.5) is 0 Å². The molecule has 0 saturated carbocycles. The molecule has 21 heavy (non-hydrogen) atoms. The summed E-state index contributed by atoms with van der Waals surface area (Å²) in [5.41, 5.74) is 1.03. The summed E-state index contributed by atoms with van der Waals surface area (Å²) in [5.74, 6) is 0.798. The topological polar surface area (TPSA) is 81.9 Å². The lowest BCUT2D eigenvalue weighted by Crippen LogP contribution is -2.33. The Labute approximate surface area is 127 Å². The number of rotatable bonds is 5. The van der Waals surface area contributed by atoms with Crippen molar-refractivity contribution in [3.63, 3.8) is 0 Å². The van der Waals surface area contributed by atoms with Gasteiger partial charge in [0.2, 0.25) is 11.8 Å². The van der Waals surface area contributed by atoms with E-state index in [-0.39, 0.29) is 23.9 Å². The van der Waals surface area contributed by atoms with Crippen LogP contribution in [-0.2, 0) is 11.3 Å². The summed E-state index contributed by atoms with van der Waals surface area (Å²) < 4.78 is 6.86. The standard InChI is InChI=1S/C13H18ClN5O2/c1-7(2)17-9(20)5-19-11(8(3)14)18-10-12(19)15-6-16-13(10)21-4/h6-8H,5H2,1-4H3,(H,17,20). The van der Waals surface area contributed by atoms with E-state index in [0.717, 1.165) is 0 Å². The van der Waals surface area contributed by atoms with Crippen molar-refractivity contribution in [3.8, 4) is 5.88 Å². The Hall–Kier alpha value is -1.89. The van der Waals surface area contributed by atoms with Crippen LogP contribution in [0, 0.1) is 0 Å². The first-order valence-corrected chi connectivity index (χ1v) is 7.06. The average Bonchev–Trinajstić information content (AvgIpc) is 2.76. The van der Waals surface area contributed by atoms with E-state index >= 15 is 0 Å². The van der Waals surface area contributed by atoms with Crippen molar-refractivity contribution in [2.24, 2.45) is 0 Å². The molecule has 114 valence electrons. The smallest absolute Gasteiger partial charge is 0.245 e. The van der Waals surface area contributed by atoms with Gasteiger partial charge in [0, 0.05) is 6.04 Å². The van der Waals surface area contributed by atoms with Gasteiger partial charge in [-0.3, -0.25) is 4.79 Å². The molecule has 0 saturated heterocycles. The summed E-state index contributed by atoms with van der Waals surface area (Å²) in [6.45, 7) is 5.70. The van der Waals surface area contributed by atoms with Crippen molar-refractivity contribution < 1.29 is 9.53 Å². The Morgan fingerprint density at radius 2 is 2.14 bits per heavy atom. The van der Waals surface area contributed by atoms with Crippen LogP contribution in [0.3, 0.4) is 0 Å².